The summed E-state index contributed by atoms with van der Waals surface area (Å²) in [5, 5.41) is 6.12. The Kier molecular flexibility index (Phi) is 6.42. The molecule has 1 rings (SSSR count). The Bertz CT molecular complexity index is 202. The van der Waals surface area contributed by atoms with Gasteiger partial charge in [0.05, 0.1) is 0 Å². The predicted octanol–water partition coefficient (Wildman–Crippen LogP) is 0.587. The number of carbonyl (C=O) groups excluding carboxylic acids is 1. The summed E-state index contributed by atoms with van der Waals surface area (Å²) < 4.78 is 0. The summed E-state index contributed by atoms with van der Waals surface area (Å²) >= 11 is 0. The molecule has 1 fully saturated rings. The fourth-order valence-corrected chi connectivity index (χ4v) is 2.28. The maximum atomic E-state index is 11.2. The van der Waals surface area contributed by atoms with Gasteiger partial charge in [-0.05, 0) is 32.4 Å². The van der Waals surface area contributed by atoms with E-state index in [0.29, 0.717) is 12.5 Å². The van der Waals surface area contributed by atoms with E-state index in [1.807, 2.05) is 0 Å². The molecule has 1 unspecified atom stereocenters. The Morgan fingerprint density at radius 2 is 2.31 bits per heavy atom. The summed E-state index contributed by atoms with van der Waals surface area (Å²) in [6, 6.07) is 0.623. The number of rotatable bonds is 6. The molecule has 0 aromatic heterocycles. The Balaban J connectivity index is 2.35. The van der Waals surface area contributed by atoms with Crippen LogP contribution in [0, 0.1) is 0 Å². The molecule has 16 heavy (non-hydrogen) atoms. The second kappa shape index (κ2) is 7.63. The van der Waals surface area contributed by atoms with Crippen molar-refractivity contribution < 1.29 is 4.79 Å². The lowest BCUT2D eigenvalue weighted by Gasteiger charge is -2.34. The summed E-state index contributed by atoms with van der Waals surface area (Å²) in [4.78, 5) is 13.7. The van der Waals surface area contributed by atoms with Crippen LogP contribution in [0.15, 0.2) is 0 Å². The first-order chi connectivity index (χ1) is 7.77. The van der Waals surface area contributed by atoms with Crippen LogP contribution < -0.4 is 10.6 Å². The van der Waals surface area contributed by atoms with Crippen LogP contribution in [0.25, 0.3) is 0 Å². The smallest absolute Gasteiger partial charge is 0.221 e. The van der Waals surface area contributed by atoms with Gasteiger partial charge in [0, 0.05) is 32.6 Å². The number of carbonyl (C=O) groups is 1. The van der Waals surface area contributed by atoms with E-state index in [0.717, 1.165) is 32.6 Å². The van der Waals surface area contributed by atoms with Crippen LogP contribution >= 0.6 is 0 Å². The number of hydrogen-bond donors (Lipinski definition) is 2. The highest BCUT2D eigenvalue weighted by Gasteiger charge is 2.20. The van der Waals surface area contributed by atoms with Gasteiger partial charge in [0.2, 0.25) is 5.91 Å². The van der Waals surface area contributed by atoms with Crippen LogP contribution in [0.4, 0.5) is 0 Å². The van der Waals surface area contributed by atoms with Crippen molar-refractivity contribution in [3.8, 4) is 0 Å². The maximum Gasteiger partial charge on any atom is 0.221 e. The number of amides is 1. The summed E-state index contributed by atoms with van der Waals surface area (Å²) in [5.74, 6) is 0.143. The van der Waals surface area contributed by atoms with Gasteiger partial charge in [-0.2, -0.15) is 0 Å². The van der Waals surface area contributed by atoms with Gasteiger partial charge in [-0.15, -0.1) is 0 Å². The standard InChI is InChI=1S/C12H25N3O/c1-3-8-15(9-6-12(16)13-2)11-5-4-7-14-10-11/h11,14H,3-10H2,1-2H3,(H,13,16). The van der Waals surface area contributed by atoms with Gasteiger partial charge in [-0.1, -0.05) is 6.92 Å². The Labute approximate surface area is 98.8 Å². The third kappa shape index (κ3) is 4.49. The second-order valence-corrected chi connectivity index (χ2v) is 4.46. The lowest BCUT2D eigenvalue weighted by Crippen LogP contribution is -2.47. The van der Waals surface area contributed by atoms with Gasteiger partial charge in [0.25, 0.3) is 0 Å². The van der Waals surface area contributed by atoms with E-state index in [9.17, 15) is 4.79 Å². The molecule has 0 bridgehead atoms. The van der Waals surface area contributed by atoms with Crippen LogP contribution in [-0.2, 0) is 4.79 Å². The Morgan fingerprint density at radius 1 is 1.50 bits per heavy atom. The number of nitrogens with one attached hydrogen (secondary N) is 2. The first-order valence-corrected chi connectivity index (χ1v) is 6.43. The van der Waals surface area contributed by atoms with Crippen LogP contribution in [0.3, 0.4) is 0 Å². The molecular weight excluding hydrogens is 202 g/mol. The zero-order valence-electron chi connectivity index (χ0n) is 10.6. The highest BCUT2D eigenvalue weighted by molar-refractivity contribution is 5.75. The van der Waals surface area contributed by atoms with Crippen molar-refractivity contribution in [2.75, 3.05) is 33.2 Å². The average Bonchev–Trinajstić information content (AvgIpc) is 2.35. The normalized spacial score (nSPS) is 21.1. The minimum Gasteiger partial charge on any atom is -0.359 e. The van der Waals surface area contributed by atoms with E-state index in [2.05, 4.69) is 22.5 Å². The van der Waals surface area contributed by atoms with Crippen molar-refractivity contribution in [1.82, 2.24) is 15.5 Å². The van der Waals surface area contributed by atoms with Crippen molar-refractivity contribution in [1.29, 1.82) is 0 Å². The van der Waals surface area contributed by atoms with Crippen LogP contribution in [0.2, 0.25) is 0 Å². The molecule has 0 radical (unpaired) electrons. The fraction of sp³-hybridized carbons (Fsp3) is 0.917. The van der Waals surface area contributed by atoms with E-state index in [1.165, 1.54) is 12.8 Å². The molecule has 0 aromatic rings. The zero-order chi connectivity index (χ0) is 11.8. The molecule has 2 N–H and O–H groups in total. The summed E-state index contributed by atoms with van der Waals surface area (Å²) in [6.45, 7) is 6.41. The molecule has 1 aliphatic rings. The van der Waals surface area contributed by atoms with E-state index in [4.69, 9.17) is 0 Å². The molecule has 94 valence electrons. The average molecular weight is 227 g/mol. The third-order valence-electron chi connectivity index (χ3n) is 3.20. The first-order valence-electron chi connectivity index (χ1n) is 6.43. The van der Waals surface area contributed by atoms with Crippen molar-refractivity contribution in [2.45, 2.75) is 38.6 Å². The van der Waals surface area contributed by atoms with Gasteiger partial charge >= 0.3 is 0 Å². The first kappa shape index (κ1) is 13.5. The fourth-order valence-electron chi connectivity index (χ4n) is 2.28. The molecule has 1 atom stereocenters. The second-order valence-electron chi connectivity index (χ2n) is 4.46. The SMILES string of the molecule is CCCN(CCC(=O)NC)C1CCCNC1. The topological polar surface area (TPSA) is 44.4 Å². The molecule has 1 amide bonds. The third-order valence-corrected chi connectivity index (χ3v) is 3.20. The lowest BCUT2D eigenvalue weighted by atomic mass is 10.1. The predicted molar refractivity (Wildman–Crippen MR) is 66.4 cm³/mol. The van der Waals surface area contributed by atoms with Crippen LogP contribution in [0.1, 0.15) is 32.6 Å². The number of nitrogens with zero attached hydrogens (tertiary/aromatic N) is 1. The zero-order valence-corrected chi connectivity index (χ0v) is 10.6. The van der Waals surface area contributed by atoms with Crippen molar-refractivity contribution in [3.05, 3.63) is 0 Å². The molecule has 1 saturated heterocycles. The van der Waals surface area contributed by atoms with Crippen molar-refractivity contribution in [2.24, 2.45) is 0 Å². The Hall–Kier alpha value is -0.610. The van der Waals surface area contributed by atoms with Crippen molar-refractivity contribution in [3.63, 3.8) is 0 Å². The largest absolute Gasteiger partial charge is 0.359 e. The Morgan fingerprint density at radius 3 is 2.88 bits per heavy atom. The summed E-state index contributed by atoms with van der Waals surface area (Å²) in [5.41, 5.74) is 0. The van der Waals surface area contributed by atoms with Crippen LogP contribution in [-0.4, -0.2) is 50.1 Å². The van der Waals surface area contributed by atoms with E-state index in [1.54, 1.807) is 7.05 Å². The molecular formula is C12H25N3O. The summed E-state index contributed by atoms with van der Waals surface area (Å²) in [7, 11) is 1.70. The molecule has 0 aromatic carbocycles. The monoisotopic (exact) mass is 227 g/mol. The molecule has 1 heterocycles. The van der Waals surface area contributed by atoms with E-state index in [-0.39, 0.29) is 5.91 Å². The van der Waals surface area contributed by atoms with Gasteiger partial charge in [-0.25, -0.2) is 0 Å². The number of piperidine rings is 1. The molecule has 1 aliphatic heterocycles. The van der Waals surface area contributed by atoms with Gasteiger partial charge in [-0.3, -0.25) is 9.69 Å². The molecule has 4 heteroatoms. The minimum atomic E-state index is 0.143. The van der Waals surface area contributed by atoms with Gasteiger partial charge in [0.15, 0.2) is 0 Å². The summed E-state index contributed by atoms with van der Waals surface area (Å²) in [6.07, 6.45) is 4.29. The van der Waals surface area contributed by atoms with E-state index < -0.39 is 0 Å². The van der Waals surface area contributed by atoms with Gasteiger partial charge in [0.1, 0.15) is 0 Å². The molecule has 0 spiro atoms. The minimum absolute atomic E-state index is 0.143. The maximum absolute atomic E-state index is 11.2. The van der Waals surface area contributed by atoms with Crippen LogP contribution in [0.5, 0.6) is 0 Å². The molecule has 4 nitrogen and oxygen atoms in total. The highest BCUT2D eigenvalue weighted by atomic mass is 16.1. The molecule has 0 aliphatic carbocycles. The molecule has 0 saturated carbocycles. The number of hydrogen-bond acceptors (Lipinski definition) is 3. The van der Waals surface area contributed by atoms with E-state index >= 15 is 0 Å². The lowest BCUT2D eigenvalue weighted by molar-refractivity contribution is -0.121. The quantitative estimate of drug-likeness (QED) is 0.698. The van der Waals surface area contributed by atoms with Gasteiger partial charge < -0.3 is 10.6 Å². The highest BCUT2D eigenvalue weighted by Crippen LogP contribution is 2.11. The van der Waals surface area contributed by atoms with Crippen molar-refractivity contribution >= 4 is 5.91 Å².